The number of sulfonamides is 1. The molecule has 1 atom stereocenters. The van der Waals surface area contributed by atoms with Gasteiger partial charge in [0, 0.05) is 4.88 Å². The summed E-state index contributed by atoms with van der Waals surface area (Å²) in [5, 5.41) is 6.98. The van der Waals surface area contributed by atoms with Gasteiger partial charge in [-0.15, -0.1) is 11.3 Å². The number of urea groups is 1. The predicted molar refractivity (Wildman–Crippen MR) is 115 cm³/mol. The summed E-state index contributed by atoms with van der Waals surface area (Å²) in [6, 6.07) is 7.52. The van der Waals surface area contributed by atoms with Crippen LogP contribution in [-0.4, -0.2) is 46.6 Å². The van der Waals surface area contributed by atoms with E-state index in [0.717, 1.165) is 0 Å². The van der Waals surface area contributed by atoms with E-state index in [4.69, 9.17) is 9.47 Å². The molecule has 0 saturated carbocycles. The first kappa shape index (κ1) is 23.4. The van der Waals surface area contributed by atoms with Crippen LogP contribution in [0.25, 0.3) is 0 Å². The van der Waals surface area contributed by atoms with Crippen LogP contribution in [0, 0.1) is 0 Å². The number of amides is 2. The molecule has 12 heteroatoms. The maximum Gasteiger partial charge on any atom is 0.338 e. The fourth-order valence-corrected chi connectivity index (χ4v) is 4.54. The second-order valence-electron chi connectivity index (χ2n) is 6.47. The van der Waals surface area contributed by atoms with E-state index >= 15 is 0 Å². The highest BCUT2D eigenvalue weighted by Gasteiger charge is 2.34. The zero-order chi connectivity index (χ0) is 23.3. The highest BCUT2D eigenvalue weighted by atomic mass is 32.2. The van der Waals surface area contributed by atoms with Crippen molar-refractivity contribution in [2.45, 2.75) is 17.9 Å². The molecule has 0 fully saturated rings. The van der Waals surface area contributed by atoms with Crippen molar-refractivity contribution in [2.24, 2.45) is 0 Å². The Kier molecular flexibility index (Phi) is 7.28. The average molecular weight is 480 g/mol. The smallest absolute Gasteiger partial charge is 0.338 e. The summed E-state index contributed by atoms with van der Waals surface area (Å²) in [7, 11) is -2.49. The Balaban J connectivity index is 1.88. The first-order chi connectivity index (χ1) is 15.3. The normalized spacial score (nSPS) is 16.2. The lowest BCUT2D eigenvalue weighted by molar-refractivity contribution is -0.139. The van der Waals surface area contributed by atoms with Crippen molar-refractivity contribution in [2.75, 3.05) is 20.3 Å². The third-order valence-electron chi connectivity index (χ3n) is 4.47. The zero-order valence-electron chi connectivity index (χ0n) is 17.2. The number of esters is 2. The lowest BCUT2D eigenvalue weighted by Gasteiger charge is -2.28. The Hall–Kier alpha value is -3.22. The van der Waals surface area contributed by atoms with Crippen molar-refractivity contribution in [3.63, 3.8) is 0 Å². The van der Waals surface area contributed by atoms with E-state index in [2.05, 4.69) is 15.4 Å². The molecule has 2 heterocycles. The van der Waals surface area contributed by atoms with Crippen LogP contribution in [0.4, 0.5) is 4.79 Å². The number of carbonyl (C=O) groups is 3. The second kappa shape index (κ2) is 9.94. The highest BCUT2D eigenvalue weighted by Crippen LogP contribution is 2.30. The first-order valence-corrected chi connectivity index (χ1v) is 11.8. The fourth-order valence-electron chi connectivity index (χ4n) is 2.98. The topological polar surface area (TPSA) is 140 Å². The summed E-state index contributed by atoms with van der Waals surface area (Å²) in [5.41, 5.74) is 0.195. The summed E-state index contributed by atoms with van der Waals surface area (Å²) in [6.45, 7) is 1.35. The molecule has 0 saturated heterocycles. The summed E-state index contributed by atoms with van der Waals surface area (Å²) in [6.07, 6.45) is 0. The van der Waals surface area contributed by atoms with Gasteiger partial charge in [-0.1, -0.05) is 12.1 Å². The quantitative estimate of drug-likeness (QED) is 0.490. The molecule has 10 nitrogen and oxygen atoms in total. The van der Waals surface area contributed by atoms with Crippen LogP contribution >= 0.6 is 11.3 Å². The number of nitrogens with one attached hydrogen (secondary N) is 3. The van der Waals surface area contributed by atoms with E-state index < -0.39 is 40.6 Å². The van der Waals surface area contributed by atoms with Gasteiger partial charge in [-0.2, -0.15) is 0 Å². The van der Waals surface area contributed by atoms with Crippen LogP contribution in [0.15, 0.2) is 57.9 Å². The molecule has 1 aromatic heterocycles. The Morgan fingerprint density at radius 1 is 1.16 bits per heavy atom. The standard InChI is InChI=1S/C20H21N3O7S2/c1-3-29-19(25)16-14(22-20(26)23-17(16)15-8-5-9-31-15)11-30-18(24)12-6-4-7-13(10-12)32(27,28)21-2/h4-10,17,21H,3,11H2,1-2H3,(H2,22,23,26)/t17-/m1/s1. The van der Waals surface area contributed by atoms with E-state index in [-0.39, 0.29) is 28.3 Å². The highest BCUT2D eigenvalue weighted by molar-refractivity contribution is 7.89. The maximum atomic E-state index is 12.6. The molecule has 2 amide bonds. The molecule has 2 aromatic rings. The molecule has 1 aromatic carbocycles. The van der Waals surface area contributed by atoms with E-state index in [9.17, 15) is 22.8 Å². The SMILES string of the molecule is CCOC(=O)C1=C(COC(=O)c2cccc(S(=O)(=O)NC)c2)NC(=O)N[C@@H]1c1cccs1. The van der Waals surface area contributed by atoms with Crippen molar-refractivity contribution in [3.8, 4) is 0 Å². The second-order valence-corrected chi connectivity index (χ2v) is 9.34. The molecular formula is C20H21N3O7S2. The van der Waals surface area contributed by atoms with Crippen LogP contribution in [0.5, 0.6) is 0 Å². The van der Waals surface area contributed by atoms with E-state index in [1.165, 1.54) is 42.6 Å². The minimum atomic E-state index is -3.75. The van der Waals surface area contributed by atoms with Crippen LogP contribution < -0.4 is 15.4 Å². The lowest BCUT2D eigenvalue weighted by Crippen LogP contribution is -2.46. The van der Waals surface area contributed by atoms with Gasteiger partial charge in [0.15, 0.2) is 0 Å². The van der Waals surface area contributed by atoms with Crippen molar-refractivity contribution in [3.05, 3.63) is 63.5 Å². The molecule has 0 aliphatic carbocycles. The molecule has 0 radical (unpaired) electrons. The van der Waals surface area contributed by atoms with Crippen molar-refractivity contribution in [1.29, 1.82) is 0 Å². The Morgan fingerprint density at radius 2 is 1.94 bits per heavy atom. The number of thiophene rings is 1. The van der Waals surface area contributed by atoms with Gasteiger partial charge in [-0.25, -0.2) is 27.5 Å². The molecule has 0 spiro atoms. The first-order valence-electron chi connectivity index (χ1n) is 9.48. The number of hydrogen-bond donors (Lipinski definition) is 3. The molecule has 3 N–H and O–H groups in total. The molecule has 0 unspecified atom stereocenters. The van der Waals surface area contributed by atoms with Gasteiger partial charge in [0.2, 0.25) is 10.0 Å². The molecule has 1 aliphatic rings. The van der Waals surface area contributed by atoms with Crippen LogP contribution in [0.2, 0.25) is 0 Å². The van der Waals surface area contributed by atoms with Crippen molar-refractivity contribution < 1.29 is 32.3 Å². The molecule has 0 bridgehead atoms. The van der Waals surface area contributed by atoms with E-state index in [1.54, 1.807) is 24.4 Å². The van der Waals surface area contributed by atoms with Crippen LogP contribution in [0.1, 0.15) is 28.2 Å². The molecule has 170 valence electrons. The fraction of sp³-hybridized carbons (Fsp3) is 0.250. The summed E-state index contributed by atoms with van der Waals surface area (Å²) >= 11 is 1.35. The molecular weight excluding hydrogens is 458 g/mol. The van der Waals surface area contributed by atoms with Gasteiger partial charge in [0.1, 0.15) is 6.61 Å². The zero-order valence-corrected chi connectivity index (χ0v) is 18.8. The van der Waals surface area contributed by atoms with Gasteiger partial charge < -0.3 is 20.1 Å². The van der Waals surface area contributed by atoms with E-state index in [0.29, 0.717) is 4.88 Å². The van der Waals surface area contributed by atoms with Gasteiger partial charge in [-0.3, -0.25) is 0 Å². The van der Waals surface area contributed by atoms with E-state index in [1.807, 2.05) is 0 Å². The van der Waals surface area contributed by atoms with Crippen LogP contribution in [0.3, 0.4) is 0 Å². The maximum absolute atomic E-state index is 12.6. The number of benzene rings is 1. The molecule has 1 aliphatic heterocycles. The summed E-state index contributed by atoms with van der Waals surface area (Å²) < 4.78 is 36.5. The average Bonchev–Trinajstić information content (AvgIpc) is 3.32. The molecule has 32 heavy (non-hydrogen) atoms. The third-order valence-corrected chi connectivity index (χ3v) is 6.82. The van der Waals surface area contributed by atoms with Gasteiger partial charge in [0.05, 0.1) is 34.4 Å². The minimum Gasteiger partial charge on any atom is -0.463 e. The summed E-state index contributed by atoms with van der Waals surface area (Å²) in [5.74, 6) is -1.49. The Bertz CT molecular complexity index is 1160. The van der Waals surface area contributed by atoms with Gasteiger partial charge in [-0.05, 0) is 43.6 Å². The lowest BCUT2D eigenvalue weighted by atomic mass is 10.0. The minimum absolute atomic E-state index is 0.00493. The number of ether oxygens (including phenoxy) is 2. The number of carbonyl (C=O) groups excluding carboxylic acids is 3. The Labute approximate surface area is 188 Å². The van der Waals surface area contributed by atoms with Crippen molar-refractivity contribution in [1.82, 2.24) is 15.4 Å². The largest absolute Gasteiger partial charge is 0.463 e. The number of rotatable bonds is 8. The third kappa shape index (κ3) is 5.15. The predicted octanol–water partition coefficient (Wildman–Crippen LogP) is 1.68. The number of hydrogen-bond acceptors (Lipinski definition) is 8. The Morgan fingerprint density at radius 3 is 2.59 bits per heavy atom. The molecule has 3 rings (SSSR count). The van der Waals surface area contributed by atoms with Gasteiger partial charge >= 0.3 is 18.0 Å². The summed E-state index contributed by atoms with van der Waals surface area (Å²) in [4.78, 5) is 38.0. The monoisotopic (exact) mass is 479 g/mol. The van der Waals surface area contributed by atoms with Crippen LogP contribution in [-0.2, 0) is 24.3 Å². The van der Waals surface area contributed by atoms with Gasteiger partial charge in [0.25, 0.3) is 0 Å². The van der Waals surface area contributed by atoms with Crippen molar-refractivity contribution >= 4 is 39.3 Å².